The lowest BCUT2D eigenvalue weighted by Crippen LogP contribution is -2.16. The Kier molecular flexibility index (Phi) is 18.3. The first-order valence-corrected chi connectivity index (χ1v) is 16.3. The van der Waals surface area contributed by atoms with Gasteiger partial charge in [-0.3, -0.25) is 4.79 Å². The first-order valence-electron chi connectivity index (χ1n) is 15.2. The number of hydrogen-bond donors (Lipinski definition) is 0. The third-order valence-electron chi connectivity index (χ3n) is 7.27. The Hall–Kier alpha value is -1.55. The molecular weight excluding hydrogens is 522 g/mol. The van der Waals surface area contributed by atoms with Crippen LogP contribution in [0.3, 0.4) is 0 Å². The zero-order chi connectivity index (χ0) is 26.4. The molecule has 1 aromatic carbocycles. The Morgan fingerprint density at radius 2 is 1.19 bits per heavy atom. The molecular formula is C33H52BrNO2. The fourth-order valence-electron chi connectivity index (χ4n) is 4.93. The van der Waals surface area contributed by atoms with Crippen molar-refractivity contribution in [2.75, 3.05) is 6.61 Å². The van der Waals surface area contributed by atoms with Gasteiger partial charge in [0, 0.05) is 23.6 Å². The summed E-state index contributed by atoms with van der Waals surface area (Å²) in [4.78, 5) is 12.5. The maximum Gasteiger partial charge on any atom is 0.223 e. The SMILES string of the molecule is CCCCCCCCCCCCCCCCCCCCOc1cn(Cc2ccccc2)c(CBr)cc1=O. The highest BCUT2D eigenvalue weighted by Gasteiger charge is 2.08. The summed E-state index contributed by atoms with van der Waals surface area (Å²) in [6.45, 7) is 3.64. The van der Waals surface area contributed by atoms with Gasteiger partial charge in [-0.15, -0.1) is 0 Å². The predicted octanol–water partition coefficient (Wildman–Crippen LogP) is 10.2. The molecule has 2 rings (SSSR count). The Bertz CT molecular complexity index is 864. The van der Waals surface area contributed by atoms with Crippen molar-refractivity contribution in [1.82, 2.24) is 4.57 Å². The van der Waals surface area contributed by atoms with Crippen molar-refractivity contribution in [3.05, 3.63) is 64.1 Å². The molecule has 0 spiro atoms. The van der Waals surface area contributed by atoms with E-state index in [1.807, 2.05) is 24.4 Å². The summed E-state index contributed by atoms with van der Waals surface area (Å²) in [5.74, 6) is 0.465. The van der Waals surface area contributed by atoms with Gasteiger partial charge in [-0.05, 0) is 12.0 Å². The molecule has 2 aromatic rings. The minimum absolute atomic E-state index is 0.0267. The monoisotopic (exact) mass is 573 g/mol. The molecule has 1 heterocycles. The van der Waals surface area contributed by atoms with E-state index in [0.29, 0.717) is 17.7 Å². The summed E-state index contributed by atoms with van der Waals surface area (Å²) in [5.41, 5.74) is 2.15. The predicted molar refractivity (Wildman–Crippen MR) is 163 cm³/mol. The van der Waals surface area contributed by atoms with Crippen LogP contribution in [-0.4, -0.2) is 11.2 Å². The van der Waals surface area contributed by atoms with Gasteiger partial charge in [0.15, 0.2) is 5.75 Å². The van der Waals surface area contributed by atoms with Gasteiger partial charge >= 0.3 is 0 Å². The Morgan fingerprint density at radius 1 is 0.703 bits per heavy atom. The highest BCUT2D eigenvalue weighted by atomic mass is 79.9. The summed E-state index contributed by atoms with van der Waals surface area (Å²) >= 11 is 3.51. The molecule has 0 aliphatic carbocycles. The number of pyridine rings is 1. The number of rotatable bonds is 23. The average Bonchev–Trinajstić information content (AvgIpc) is 2.92. The molecule has 1 aromatic heterocycles. The number of unbranched alkanes of at least 4 members (excludes halogenated alkanes) is 17. The van der Waals surface area contributed by atoms with Gasteiger partial charge in [-0.1, -0.05) is 162 Å². The summed E-state index contributed by atoms with van der Waals surface area (Å²) in [7, 11) is 0. The number of aromatic nitrogens is 1. The number of benzene rings is 1. The molecule has 0 aliphatic heterocycles. The van der Waals surface area contributed by atoms with Crippen LogP contribution in [0.5, 0.6) is 5.75 Å². The third kappa shape index (κ3) is 14.8. The van der Waals surface area contributed by atoms with Gasteiger partial charge in [0.2, 0.25) is 5.43 Å². The van der Waals surface area contributed by atoms with Crippen LogP contribution in [0.25, 0.3) is 0 Å². The normalized spacial score (nSPS) is 11.2. The lowest BCUT2D eigenvalue weighted by molar-refractivity contribution is 0.298. The first-order chi connectivity index (χ1) is 18.2. The molecule has 0 fully saturated rings. The van der Waals surface area contributed by atoms with Crippen LogP contribution in [0, 0.1) is 0 Å². The van der Waals surface area contributed by atoms with Crippen LogP contribution in [0.2, 0.25) is 0 Å². The van der Waals surface area contributed by atoms with Crippen molar-refractivity contribution < 1.29 is 4.74 Å². The molecule has 0 amide bonds. The highest BCUT2D eigenvalue weighted by molar-refractivity contribution is 9.08. The lowest BCUT2D eigenvalue weighted by atomic mass is 10.0. The van der Waals surface area contributed by atoms with Crippen molar-refractivity contribution in [1.29, 1.82) is 0 Å². The minimum Gasteiger partial charge on any atom is -0.488 e. The van der Waals surface area contributed by atoms with Gasteiger partial charge in [0.05, 0.1) is 12.8 Å². The molecule has 0 aliphatic rings. The summed E-state index contributed by atoms with van der Waals surface area (Å²) in [6.07, 6.45) is 26.5. The van der Waals surface area contributed by atoms with E-state index < -0.39 is 0 Å². The molecule has 4 heteroatoms. The molecule has 0 atom stereocenters. The molecule has 0 saturated heterocycles. The third-order valence-corrected chi connectivity index (χ3v) is 7.85. The van der Waals surface area contributed by atoms with E-state index in [2.05, 4.69) is 39.6 Å². The van der Waals surface area contributed by atoms with Crippen molar-refractivity contribution in [2.45, 2.75) is 134 Å². The van der Waals surface area contributed by atoms with Crippen LogP contribution >= 0.6 is 15.9 Å². The van der Waals surface area contributed by atoms with Gasteiger partial charge in [0.25, 0.3) is 0 Å². The van der Waals surface area contributed by atoms with E-state index in [4.69, 9.17) is 4.74 Å². The standard InChI is InChI=1S/C33H52BrNO2/c1-2-3-4-5-6-7-8-9-10-11-12-13-14-15-16-17-18-22-25-37-33-29-35(31(27-34)26-32(33)36)28-30-23-20-19-21-24-30/h19-21,23-24,26,29H,2-18,22,25,27-28H2,1H3. The molecule has 37 heavy (non-hydrogen) atoms. The second-order valence-electron chi connectivity index (χ2n) is 10.6. The highest BCUT2D eigenvalue weighted by Crippen LogP contribution is 2.16. The molecule has 0 bridgehead atoms. The molecule has 3 nitrogen and oxygen atoms in total. The van der Waals surface area contributed by atoms with Gasteiger partial charge in [0.1, 0.15) is 0 Å². The quantitative estimate of drug-likeness (QED) is 0.0977. The zero-order valence-electron chi connectivity index (χ0n) is 23.5. The smallest absolute Gasteiger partial charge is 0.223 e. The topological polar surface area (TPSA) is 31.2 Å². The van der Waals surface area contributed by atoms with Gasteiger partial charge in [-0.2, -0.15) is 0 Å². The van der Waals surface area contributed by atoms with Crippen molar-refractivity contribution in [3.63, 3.8) is 0 Å². The molecule has 208 valence electrons. The number of nitrogens with zero attached hydrogens (tertiary/aromatic N) is 1. The van der Waals surface area contributed by atoms with Crippen LogP contribution in [-0.2, 0) is 11.9 Å². The second kappa shape index (κ2) is 21.4. The molecule has 0 unspecified atom stereocenters. The van der Waals surface area contributed by atoms with Gasteiger partial charge < -0.3 is 9.30 Å². The van der Waals surface area contributed by atoms with E-state index in [-0.39, 0.29) is 5.43 Å². The van der Waals surface area contributed by atoms with Crippen LogP contribution in [0.15, 0.2) is 47.4 Å². The lowest BCUT2D eigenvalue weighted by Gasteiger charge is -2.14. The Labute approximate surface area is 235 Å². The summed E-state index contributed by atoms with van der Waals surface area (Å²) < 4.78 is 8.00. The maximum atomic E-state index is 12.5. The van der Waals surface area contributed by atoms with Crippen molar-refractivity contribution >= 4 is 15.9 Å². The van der Waals surface area contributed by atoms with Crippen LogP contribution < -0.4 is 10.2 Å². The van der Waals surface area contributed by atoms with E-state index in [0.717, 1.165) is 18.7 Å². The average molecular weight is 575 g/mol. The number of halogens is 1. The fourth-order valence-corrected chi connectivity index (χ4v) is 5.41. The molecule has 0 saturated carbocycles. The Morgan fingerprint density at radius 3 is 1.68 bits per heavy atom. The second-order valence-corrected chi connectivity index (χ2v) is 11.2. The van der Waals surface area contributed by atoms with E-state index in [1.54, 1.807) is 6.07 Å². The van der Waals surface area contributed by atoms with E-state index >= 15 is 0 Å². The Balaban J connectivity index is 1.46. The van der Waals surface area contributed by atoms with Gasteiger partial charge in [-0.25, -0.2) is 0 Å². The zero-order valence-corrected chi connectivity index (χ0v) is 25.1. The van der Waals surface area contributed by atoms with E-state index in [9.17, 15) is 4.79 Å². The van der Waals surface area contributed by atoms with Crippen molar-refractivity contribution in [3.8, 4) is 5.75 Å². The summed E-state index contributed by atoms with van der Waals surface area (Å²) in [5, 5.41) is 0.647. The minimum atomic E-state index is -0.0267. The number of alkyl halides is 1. The van der Waals surface area contributed by atoms with Crippen molar-refractivity contribution in [2.24, 2.45) is 0 Å². The number of hydrogen-bond acceptors (Lipinski definition) is 2. The first kappa shape index (κ1) is 31.7. The fraction of sp³-hybridized carbons (Fsp3) is 0.667. The van der Waals surface area contributed by atoms with Crippen LogP contribution in [0.4, 0.5) is 0 Å². The largest absolute Gasteiger partial charge is 0.488 e. The molecule has 0 radical (unpaired) electrons. The van der Waals surface area contributed by atoms with E-state index in [1.165, 1.54) is 115 Å². The maximum absolute atomic E-state index is 12.5. The molecule has 0 N–H and O–H groups in total. The summed E-state index contributed by atoms with van der Waals surface area (Å²) in [6, 6.07) is 12.0. The number of ether oxygens (including phenoxy) is 1. The van der Waals surface area contributed by atoms with Crippen LogP contribution in [0.1, 0.15) is 134 Å².